The third-order valence-corrected chi connectivity index (χ3v) is 5.23. The number of carbonyl (C=O) groups is 3. The average Bonchev–Trinajstić information content (AvgIpc) is 3.06. The summed E-state index contributed by atoms with van der Waals surface area (Å²) in [6.07, 6.45) is 0.558. The zero-order valence-electron chi connectivity index (χ0n) is 16.5. The quantitative estimate of drug-likeness (QED) is 0.712. The minimum absolute atomic E-state index is 0.0958. The summed E-state index contributed by atoms with van der Waals surface area (Å²) in [5.41, 5.74) is 3.44. The van der Waals surface area contributed by atoms with Crippen molar-refractivity contribution in [3.63, 3.8) is 0 Å². The average molecular weight is 414 g/mol. The van der Waals surface area contributed by atoms with Gasteiger partial charge in [0.2, 0.25) is 17.7 Å². The summed E-state index contributed by atoms with van der Waals surface area (Å²) in [4.78, 5) is 38.7. The van der Waals surface area contributed by atoms with Crippen LogP contribution in [0.15, 0.2) is 42.5 Å². The molecule has 0 spiro atoms. The van der Waals surface area contributed by atoms with Crippen LogP contribution in [0.4, 0.5) is 11.4 Å². The minimum Gasteiger partial charge on any atom is -0.355 e. The maximum absolute atomic E-state index is 12.6. The summed E-state index contributed by atoms with van der Waals surface area (Å²) in [7, 11) is 0. The molecule has 1 heterocycles. The lowest BCUT2D eigenvalue weighted by Gasteiger charge is -2.17. The smallest absolute Gasteiger partial charge is 0.239 e. The van der Waals surface area contributed by atoms with E-state index in [1.54, 1.807) is 17.0 Å². The van der Waals surface area contributed by atoms with Crippen LogP contribution in [0.5, 0.6) is 0 Å². The molecule has 6 nitrogen and oxygen atoms in total. The highest BCUT2D eigenvalue weighted by molar-refractivity contribution is 6.33. The Morgan fingerprint density at radius 1 is 1.10 bits per heavy atom. The van der Waals surface area contributed by atoms with Crippen LogP contribution in [0.25, 0.3) is 0 Å². The lowest BCUT2D eigenvalue weighted by Crippen LogP contribution is -2.38. The van der Waals surface area contributed by atoms with Crippen molar-refractivity contribution in [3.05, 3.63) is 58.6 Å². The Hall–Kier alpha value is -2.86. The molecule has 1 aliphatic rings. The molecule has 1 saturated heterocycles. The fourth-order valence-corrected chi connectivity index (χ4v) is 3.54. The topological polar surface area (TPSA) is 78.5 Å². The molecule has 1 aliphatic heterocycles. The SMILES string of the molecule is Cc1ccc(N2CCC(C(=O)NCCC(=O)Nc3ccc(C)cc3Cl)C2=O)cc1. The van der Waals surface area contributed by atoms with Gasteiger partial charge >= 0.3 is 0 Å². The molecule has 0 bridgehead atoms. The van der Waals surface area contributed by atoms with Gasteiger partial charge in [0.1, 0.15) is 5.92 Å². The second-order valence-electron chi connectivity index (χ2n) is 7.24. The number of aryl methyl sites for hydroxylation is 2. The first-order valence-corrected chi connectivity index (χ1v) is 9.94. The molecule has 29 heavy (non-hydrogen) atoms. The van der Waals surface area contributed by atoms with E-state index in [0.717, 1.165) is 16.8 Å². The molecule has 7 heteroatoms. The number of benzene rings is 2. The largest absolute Gasteiger partial charge is 0.355 e. The highest BCUT2D eigenvalue weighted by Gasteiger charge is 2.37. The van der Waals surface area contributed by atoms with Crippen LogP contribution >= 0.6 is 11.6 Å². The zero-order valence-corrected chi connectivity index (χ0v) is 17.3. The van der Waals surface area contributed by atoms with Crippen molar-refractivity contribution in [1.29, 1.82) is 0 Å². The van der Waals surface area contributed by atoms with Crippen LogP contribution in [0, 0.1) is 19.8 Å². The molecule has 0 saturated carbocycles. The second kappa shape index (κ2) is 9.09. The van der Waals surface area contributed by atoms with E-state index in [2.05, 4.69) is 10.6 Å². The fourth-order valence-electron chi connectivity index (χ4n) is 3.26. The fraction of sp³-hybridized carbons (Fsp3) is 0.318. The van der Waals surface area contributed by atoms with Gasteiger partial charge in [0, 0.05) is 25.2 Å². The Morgan fingerprint density at radius 3 is 2.48 bits per heavy atom. The van der Waals surface area contributed by atoms with Crippen LogP contribution in [0.2, 0.25) is 5.02 Å². The van der Waals surface area contributed by atoms with E-state index in [0.29, 0.717) is 23.7 Å². The molecular weight excluding hydrogens is 390 g/mol. The number of carbonyl (C=O) groups excluding carboxylic acids is 3. The van der Waals surface area contributed by atoms with Crippen LogP contribution in [-0.2, 0) is 14.4 Å². The predicted octanol–water partition coefficient (Wildman–Crippen LogP) is 3.45. The van der Waals surface area contributed by atoms with Gasteiger partial charge in [-0.25, -0.2) is 0 Å². The summed E-state index contributed by atoms with van der Waals surface area (Å²) < 4.78 is 0. The number of rotatable bonds is 6. The van der Waals surface area contributed by atoms with Crippen molar-refractivity contribution >= 4 is 40.7 Å². The molecule has 0 aromatic heterocycles. The van der Waals surface area contributed by atoms with E-state index in [1.165, 1.54) is 0 Å². The lowest BCUT2D eigenvalue weighted by atomic mass is 10.1. The number of nitrogens with one attached hydrogen (secondary N) is 2. The number of hydrogen-bond donors (Lipinski definition) is 2. The molecule has 3 amide bonds. The van der Waals surface area contributed by atoms with Crippen LogP contribution in [0.1, 0.15) is 24.0 Å². The van der Waals surface area contributed by atoms with Gasteiger partial charge in [-0.15, -0.1) is 0 Å². The zero-order chi connectivity index (χ0) is 21.0. The maximum Gasteiger partial charge on any atom is 0.239 e. The van der Waals surface area contributed by atoms with E-state index in [-0.39, 0.29) is 30.7 Å². The van der Waals surface area contributed by atoms with E-state index in [4.69, 9.17) is 11.6 Å². The van der Waals surface area contributed by atoms with Gasteiger partial charge < -0.3 is 15.5 Å². The third-order valence-electron chi connectivity index (χ3n) is 4.92. The number of anilines is 2. The molecule has 2 N–H and O–H groups in total. The molecular formula is C22H24ClN3O3. The minimum atomic E-state index is -0.717. The summed E-state index contributed by atoms with van der Waals surface area (Å²) in [6, 6.07) is 13.0. The summed E-state index contributed by atoms with van der Waals surface area (Å²) in [5.74, 6) is -1.52. The summed E-state index contributed by atoms with van der Waals surface area (Å²) in [5, 5.41) is 5.89. The van der Waals surface area contributed by atoms with Crippen LogP contribution in [0.3, 0.4) is 0 Å². The molecule has 152 valence electrons. The molecule has 1 atom stereocenters. The third kappa shape index (κ3) is 5.15. The van der Waals surface area contributed by atoms with Crippen molar-refractivity contribution in [2.75, 3.05) is 23.3 Å². The van der Waals surface area contributed by atoms with Crippen molar-refractivity contribution in [2.24, 2.45) is 5.92 Å². The molecule has 1 fully saturated rings. The number of nitrogens with zero attached hydrogens (tertiary/aromatic N) is 1. The van der Waals surface area contributed by atoms with Crippen LogP contribution < -0.4 is 15.5 Å². The van der Waals surface area contributed by atoms with Gasteiger partial charge in [0.25, 0.3) is 0 Å². The standard InChI is InChI=1S/C22H24ClN3O3/c1-14-3-6-16(7-4-14)26-12-10-17(22(26)29)21(28)24-11-9-20(27)25-19-8-5-15(2)13-18(19)23/h3-8,13,17H,9-12H2,1-2H3,(H,24,28)(H,25,27). The van der Waals surface area contributed by atoms with Gasteiger partial charge in [-0.2, -0.15) is 0 Å². The van der Waals surface area contributed by atoms with Gasteiger partial charge in [-0.05, 0) is 50.1 Å². The van der Waals surface area contributed by atoms with Crippen molar-refractivity contribution in [1.82, 2.24) is 5.32 Å². The normalized spacial score (nSPS) is 16.0. The lowest BCUT2D eigenvalue weighted by molar-refractivity contribution is -0.132. The van der Waals surface area contributed by atoms with Crippen LogP contribution in [-0.4, -0.2) is 30.8 Å². The first kappa shape index (κ1) is 20.9. The van der Waals surface area contributed by atoms with Crippen molar-refractivity contribution < 1.29 is 14.4 Å². The second-order valence-corrected chi connectivity index (χ2v) is 7.65. The Bertz CT molecular complexity index is 927. The Kier molecular flexibility index (Phi) is 6.54. The molecule has 3 rings (SSSR count). The van der Waals surface area contributed by atoms with Crippen molar-refractivity contribution in [2.45, 2.75) is 26.7 Å². The molecule has 0 aliphatic carbocycles. The number of amides is 3. The van der Waals surface area contributed by atoms with Crippen molar-refractivity contribution in [3.8, 4) is 0 Å². The van der Waals surface area contributed by atoms with E-state index in [9.17, 15) is 14.4 Å². The molecule has 1 unspecified atom stereocenters. The predicted molar refractivity (Wildman–Crippen MR) is 114 cm³/mol. The van der Waals surface area contributed by atoms with Gasteiger partial charge in [0.05, 0.1) is 10.7 Å². The first-order chi connectivity index (χ1) is 13.8. The van der Waals surface area contributed by atoms with Gasteiger partial charge in [-0.1, -0.05) is 35.4 Å². The van der Waals surface area contributed by atoms with Gasteiger partial charge in [0.15, 0.2) is 0 Å². The molecule has 2 aromatic rings. The van der Waals surface area contributed by atoms with E-state index < -0.39 is 5.92 Å². The van der Waals surface area contributed by atoms with Gasteiger partial charge in [-0.3, -0.25) is 14.4 Å². The van der Waals surface area contributed by atoms with E-state index in [1.807, 2.05) is 44.2 Å². The summed E-state index contributed by atoms with van der Waals surface area (Å²) >= 11 is 6.11. The molecule has 0 radical (unpaired) electrons. The Morgan fingerprint density at radius 2 is 1.79 bits per heavy atom. The van der Waals surface area contributed by atoms with E-state index >= 15 is 0 Å². The number of hydrogen-bond acceptors (Lipinski definition) is 3. The Balaban J connectivity index is 1.47. The Labute approximate surface area is 175 Å². The number of halogens is 1. The first-order valence-electron chi connectivity index (χ1n) is 9.57. The molecule has 2 aromatic carbocycles. The summed E-state index contributed by atoms with van der Waals surface area (Å²) in [6.45, 7) is 4.56. The monoisotopic (exact) mass is 413 g/mol. The highest BCUT2D eigenvalue weighted by Crippen LogP contribution is 2.26. The maximum atomic E-state index is 12.6. The highest BCUT2D eigenvalue weighted by atomic mass is 35.5.